The molecule has 0 saturated carbocycles. The first-order valence-electron chi connectivity index (χ1n) is 11.9. The first-order valence-corrected chi connectivity index (χ1v) is 11.9. The third-order valence-electron chi connectivity index (χ3n) is 7.12. The summed E-state index contributed by atoms with van der Waals surface area (Å²) >= 11 is 0. The molecule has 1 aliphatic rings. The Morgan fingerprint density at radius 1 is 0.559 bits per heavy atom. The maximum Gasteiger partial charge on any atom is 0.105 e. The van der Waals surface area contributed by atoms with Crippen molar-refractivity contribution >= 4 is 21.5 Å². The maximum absolute atomic E-state index is 11.8. The quantitative estimate of drug-likeness (QED) is 0.328. The third kappa shape index (κ3) is 3.59. The molecule has 0 aromatic heterocycles. The molecular formula is C31H27NO2. The lowest BCUT2D eigenvalue weighted by molar-refractivity contribution is 0.198. The second-order valence-corrected chi connectivity index (χ2v) is 9.12. The molecule has 2 unspecified atom stereocenters. The van der Waals surface area contributed by atoms with Crippen molar-refractivity contribution in [2.75, 3.05) is 6.54 Å². The smallest absolute Gasteiger partial charge is 0.105 e. The standard InChI is InChI=1S/C31H27NO2/c33-30(26-13-5-9-20-7-1-3-11-24(20)26)28-17-22-15-16-32-19-23(22)18-29(28)31(34)27-14-6-10-21-8-2-4-12-25(21)27/h1-14,17-18,30-34H,15-16,19H2. The molecule has 1 heterocycles. The fourth-order valence-electron chi connectivity index (χ4n) is 5.36. The molecule has 0 radical (unpaired) electrons. The molecular weight excluding hydrogens is 418 g/mol. The molecule has 0 fully saturated rings. The number of hydrogen-bond donors (Lipinski definition) is 3. The van der Waals surface area contributed by atoms with Gasteiger partial charge in [-0.25, -0.2) is 0 Å². The number of fused-ring (bicyclic) bond motifs is 3. The molecule has 5 aromatic carbocycles. The molecule has 0 amide bonds. The summed E-state index contributed by atoms with van der Waals surface area (Å²) in [4.78, 5) is 0. The van der Waals surface area contributed by atoms with E-state index in [9.17, 15) is 10.2 Å². The van der Waals surface area contributed by atoms with Gasteiger partial charge in [0.05, 0.1) is 0 Å². The summed E-state index contributed by atoms with van der Waals surface area (Å²) in [5, 5.41) is 31.2. The monoisotopic (exact) mass is 445 g/mol. The van der Waals surface area contributed by atoms with Crippen LogP contribution in [0.3, 0.4) is 0 Å². The fourth-order valence-corrected chi connectivity index (χ4v) is 5.36. The largest absolute Gasteiger partial charge is 0.384 e. The topological polar surface area (TPSA) is 52.5 Å². The van der Waals surface area contributed by atoms with E-state index in [0.717, 1.165) is 63.3 Å². The Balaban J connectivity index is 1.55. The van der Waals surface area contributed by atoms with Crippen LogP contribution in [0.25, 0.3) is 21.5 Å². The van der Waals surface area contributed by atoms with Crippen molar-refractivity contribution in [3.63, 3.8) is 0 Å². The minimum Gasteiger partial charge on any atom is -0.384 e. The normalized spacial score (nSPS) is 15.2. The van der Waals surface area contributed by atoms with Crippen molar-refractivity contribution < 1.29 is 10.2 Å². The summed E-state index contributed by atoms with van der Waals surface area (Å²) in [7, 11) is 0. The zero-order valence-electron chi connectivity index (χ0n) is 18.9. The van der Waals surface area contributed by atoms with Gasteiger partial charge in [0.2, 0.25) is 0 Å². The highest BCUT2D eigenvalue weighted by Gasteiger charge is 2.25. The van der Waals surface area contributed by atoms with E-state index in [0.29, 0.717) is 0 Å². The Hall–Kier alpha value is -3.50. The van der Waals surface area contributed by atoms with Crippen LogP contribution < -0.4 is 5.32 Å². The average Bonchev–Trinajstić information content (AvgIpc) is 2.91. The molecule has 34 heavy (non-hydrogen) atoms. The summed E-state index contributed by atoms with van der Waals surface area (Å²) in [6.07, 6.45) is -0.779. The van der Waals surface area contributed by atoms with Gasteiger partial charge >= 0.3 is 0 Å². The van der Waals surface area contributed by atoms with E-state index in [2.05, 4.69) is 53.8 Å². The minimum atomic E-state index is -0.849. The van der Waals surface area contributed by atoms with Crippen molar-refractivity contribution in [2.24, 2.45) is 0 Å². The van der Waals surface area contributed by atoms with Crippen LogP contribution in [0.5, 0.6) is 0 Å². The number of nitrogens with one attached hydrogen (secondary N) is 1. The van der Waals surface area contributed by atoms with E-state index in [4.69, 9.17) is 0 Å². The SMILES string of the molecule is OC(c1cc2c(cc1C(O)c1cccc3ccccc13)CNCC2)c1cccc2ccccc12. The van der Waals surface area contributed by atoms with E-state index in [-0.39, 0.29) is 0 Å². The minimum absolute atomic E-state index is 0.763. The molecule has 2 atom stereocenters. The number of rotatable bonds is 4. The molecule has 0 aliphatic carbocycles. The van der Waals surface area contributed by atoms with Gasteiger partial charge in [0.1, 0.15) is 12.2 Å². The van der Waals surface area contributed by atoms with Crippen LogP contribution in [0.4, 0.5) is 0 Å². The predicted octanol–water partition coefficient (Wildman–Crippen LogP) is 5.80. The molecule has 3 N–H and O–H groups in total. The predicted molar refractivity (Wildman–Crippen MR) is 138 cm³/mol. The van der Waals surface area contributed by atoms with Gasteiger partial charge in [-0.15, -0.1) is 0 Å². The zero-order chi connectivity index (χ0) is 23.1. The van der Waals surface area contributed by atoms with Crippen molar-refractivity contribution in [3.05, 3.63) is 130 Å². The van der Waals surface area contributed by atoms with Crippen LogP contribution in [-0.2, 0) is 13.0 Å². The van der Waals surface area contributed by atoms with E-state index in [1.807, 2.05) is 48.5 Å². The van der Waals surface area contributed by atoms with E-state index >= 15 is 0 Å². The van der Waals surface area contributed by atoms with Crippen LogP contribution in [0.1, 0.15) is 45.6 Å². The first kappa shape index (κ1) is 21.1. The van der Waals surface area contributed by atoms with Crippen molar-refractivity contribution in [3.8, 4) is 0 Å². The highest BCUT2D eigenvalue weighted by molar-refractivity contribution is 5.87. The Morgan fingerprint density at radius 2 is 1.06 bits per heavy atom. The lowest BCUT2D eigenvalue weighted by atomic mass is 9.84. The van der Waals surface area contributed by atoms with Gasteiger partial charge in [0.15, 0.2) is 0 Å². The first-order chi connectivity index (χ1) is 16.7. The molecule has 3 nitrogen and oxygen atoms in total. The van der Waals surface area contributed by atoms with E-state index in [1.165, 1.54) is 11.1 Å². The van der Waals surface area contributed by atoms with Crippen LogP contribution in [0.2, 0.25) is 0 Å². The Kier molecular flexibility index (Phi) is 5.39. The summed E-state index contributed by atoms with van der Waals surface area (Å²) in [6, 6.07) is 32.6. The van der Waals surface area contributed by atoms with E-state index in [1.54, 1.807) is 0 Å². The van der Waals surface area contributed by atoms with Gasteiger partial charge in [-0.1, -0.05) is 97.1 Å². The van der Waals surface area contributed by atoms with Gasteiger partial charge < -0.3 is 15.5 Å². The third-order valence-corrected chi connectivity index (χ3v) is 7.12. The highest BCUT2D eigenvalue weighted by Crippen LogP contribution is 2.38. The second kappa shape index (κ2) is 8.69. The Morgan fingerprint density at radius 3 is 1.65 bits per heavy atom. The molecule has 1 aliphatic heterocycles. The van der Waals surface area contributed by atoms with Crippen molar-refractivity contribution in [1.29, 1.82) is 0 Å². The van der Waals surface area contributed by atoms with Gasteiger partial charge in [-0.3, -0.25) is 0 Å². The Labute approximate surface area is 199 Å². The number of hydrogen-bond acceptors (Lipinski definition) is 3. The van der Waals surface area contributed by atoms with Crippen LogP contribution in [0, 0.1) is 0 Å². The van der Waals surface area contributed by atoms with Gasteiger partial charge in [-0.05, 0) is 67.9 Å². The number of aliphatic hydroxyl groups is 2. The molecule has 0 saturated heterocycles. The summed E-state index contributed by atoms with van der Waals surface area (Å²) in [5.74, 6) is 0. The lowest BCUT2D eigenvalue weighted by Crippen LogP contribution is -2.25. The van der Waals surface area contributed by atoms with E-state index < -0.39 is 12.2 Å². The van der Waals surface area contributed by atoms with Gasteiger partial charge in [-0.2, -0.15) is 0 Å². The molecule has 168 valence electrons. The van der Waals surface area contributed by atoms with Gasteiger partial charge in [0.25, 0.3) is 0 Å². The van der Waals surface area contributed by atoms with Crippen molar-refractivity contribution in [2.45, 2.75) is 25.2 Å². The van der Waals surface area contributed by atoms with Gasteiger partial charge in [0, 0.05) is 6.54 Å². The summed E-state index contributed by atoms with van der Waals surface area (Å²) in [6.45, 7) is 1.69. The molecule has 3 heteroatoms. The molecule has 0 bridgehead atoms. The molecule has 5 aromatic rings. The molecule has 6 rings (SSSR count). The second-order valence-electron chi connectivity index (χ2n) is 9.12. The van der Waals surface area contributed by atoms with Crippen LogP contribution in [0.15, 0.2) is 97.1 Å². The van der Waals surface area contributed by atoms with Crippen LogP contribution in [-0.4, -0.2) is 16.8 Å². The van der Waals surface area contributed by atoms with Crippen molar-refractivity contribution in [1.82, 2.24) is 5.32 Å². The fraction of sp³-hybridized carbons (Fsp3) is 0.161. The number of aliphatic hydroxyl groups excluding tert-OH is 2. The zero-order valence-corrected chi connectivity index (χ0v) is 18.9. The average molecular weight is 446 g/mol. The summed E-state index contributed by atoms with van der Waals surface area (Å²) < 4.78 is 0. The maximum atomic E-state index is 11.8. The lowest BCUT2D eigenvalue weighted by Gasteiger charge is -2.26. The highest BCUT2D eigenvalue weighted by atomic mass is 16.3. The summed E-state index contributed by atoms with van der Waals surface area (Å²) in [5.41, 5.74) is 5.68. The Bertz CT molecular complexity index is 1380. The van der Waals surface area contributed by atoms with Crippen LogP contribution >= 0.6 is 0 Å². The number of benzene rings is 5. The molecule has 0 spiro atoms.